The summed E-state index contributed by atoms with van der Waals surface area (Å²) < 4.78 is 42.9. The second-order valence-electron chi connectivity index (χ2n) is 7.86. The number of hydrogen-bond acceptors (Lipinski definition) is 4. The minimum Gasteiger partial charge on any atom is -0.484 e. The van der Waals surface area contributed by atoms with Crippen LogP contribution in [0.4, 0.5) is 13.2 Å². The van der Waals surface area contributed by atoms with Gasteiger partial charge in [0, 0.05) is 36.2 Å². The number of amides is 1. The average Bonchev–Trinajstić information content (AvgIpc) is 3.08. The van der Waals surface area contributed by atoms with Crippen LogP contribution in [-0.4, -0.2) is 61.4 Å². The maximum atomic E-state index is 12.5. The molecule has 2 fully saturated rings. The minimum absolute atomic E-state index is 0.0447. The highest BCUT2D eigenvalue weighted by molar-refractivity contribution is 6.30. The maximum absolute atomic E-state index is 12.5. The van der Waals surface area contributed by atoms with Gasteiger partial charge in [-0.3, -0.25) is 9.69 Å². The fourth-order valence-corrected chi connectivity index (χ4v) is 4.18. The molecule has 1 aromatic rings. The van der Waals surface area contributed by atoms with Crippen molar-refractivity contribution in [2.45, 2.75) is 56.4 Å². The number of nitrogens with zero attached hydrogens (tertiary/aromatic N) is 1. The number of alkyl halides is 3. The van der Waals surface area contributed by atoms with Crippen LogP contribution in [-0.2, 0) is 4.79 Å². The SMILES string of the molecule is O=C(COc1ccc(Cl)cc1)NC1CCC(NC2CCN(CC(F)(F)F)C2)CC1. The fraction of sp³-hybridized carbons (Fsp3) is 0.650. The normalized spacial score (nSPS) is 25.7. The number of rotatable bonds is 7. The molecule has 2 N–H and O–H groups in total. The molecule has 1 amide bonds. The number of halogens is 4. The zero-order valence-corrected chi connectivity index (χ0v) is 16.9. The molecule has 2 aliphatic rings. The smallest absolute Gasteiger partial charge is 0.401 e. The summed E-state index contributed by atoms with van der Waals surface area (Å²) in [6.45, 7) is 0.0490. The van der Waals surface area contributed by atoms with Crippen LogP contribution in [0.3, 0.4) is 0 Å². The van der Waals surface area contributed by atoms with Crippen LogP contribution < -0.4 is 15.4 Å². The summed E-state index contributed by atoms with van der Waals surface area (Å²) in [4.78, 5) is 13.5. The average molecular weight is 434 g/mol. The Hall–Kier alpha value is -1.51. The third-order valence-corrected chi connectivity index (χ3v) is 5.67. The molecule has 0 bridgehead atoms. The topological polar surface area (TPSA) is 53.6 Å². The zero-order valence-electron chi connectivity index (χ0n) is 16.2. The van der Waals surface area contributed by atoms with Gasteiger partial charge in [0.25, 0.3) is 5.91 Å². The summed E-state index contributed by atoms with van der Waals surface area (Å²) >= 11 is 5.81. The van der Waals surface area contributed by atoms with E-state index in [1.807, 2.05) is 0 Å². The molecule has 1 atom stereocenters. The lowest BCUT2D eigenvalue weighted by Gasteiger charge is -2.31. The molecular formula is C20H27ClF3N3O2. The molecular weight excluding hydrogens is 407 g/mol. The van der Waals surface area contributed by atoms with Gasteiger partial charge >= 0.3 is 6.18 Å². The van der Waals surface area contributed by atoms with Crippen molar-refractivity contribution in [2.75, 3.05) is 26.2 Å². The summed E-state index contributed by atoms with van der Waals surface area (Å²) in [5.74, 6) is 0.434. The number of nitrogens with one attached hydrogen (secondary N) is 2. The second-order valence-corrected chi connectivity index (χ2v) is 8.30. The van der Waals surface area contributed by atoms with E-state index in [1.165, 1.54) is 4.90 Å². The van der Waals surface area contributed by atoms with E-state index in [9.17, 15) is 18.0 Å². The van der Waals surface area contributed by atoms with Crippen LogP contribution in [0.1, 0.15) is 32.1 Å². The molecule has 162 valence electrons. The molecule has 1 saturated carbocycles. The highest BCUT2D eigenvalue weighted by Crippen LogP contribution is 2.23. The van der Waals surface area contributed by atoms with Crippen LogP contribution in [0.5, 0.6) is 5.75 Å². The summed E-state index contributed by atoms with van der Waals surface area (Å²) in [5, 5.41) is 7.11. The molecule has 9 heteroatoms. The van der Waals surface area contributed by atoms with E-state index in [1.54, 1.807) is 24.3 Å². The van der Waals surface area contributed by atoms with Gasteiger partial charge in [0.2, 0.25) is 0 Å². The Kier molecular flexibility index (Phi) is 7.65. The van der Waals surface area contributed by atoms with Gasteiger partial charge in [0.05, 0.1) is 6.54 Å². The monoisotopic (exact) mass is 433 g/mol. The third-order valence-electron chi connectivity index (χ3n) is 5.42. The Morgan fingerprint density at radius 3 is 2.38 bits per heavy atom. The van der Waals surface area contributed by atoms with Gasteiger partial charge in [-0.1, -0.05) is 11.6 Å². The predicted molar refractivity (Wildman–Crippen MR) is 105 cm³/mol. The lowest BCUT2D eigenvalue weighted by molar-refractivity contribution is -0.143. The van der Waals surface area contributed by atoms with Gasteiger partial charge in [-0.2, -0.15) is 13.2 Å². The summed E-state index contributed by atoms with van der Waals surface area (Å²) in [6, 6.07) is 7.35. The number of carbonyl (C=O) groups excluding carboxylic acids is 1. The number of ether oxygens (including phenoxy) is 1. The number of carbonyl (C=O) groups is 1. The van der Waals surface area contributed by atoms with Crippen molar-refractivity contribution in [3.05, 3.63) is 29.3 Å². The third kappa shape index (κ3) is 7.68. The Bertz CT molecular complexity index is 664. The van der Waals surface area contributed by atoms with Gasteiger partial charge < -0.3 is 15.4 Å². The summed E-state index contributed by atoms with van der Waals surface area (Å²) in [6.07, 6.45) is 0.113. The van der Waals surface area contributed by atoms with Crippen LogP contribution >= 0.6 is 11.6 Å². The zero-order chi connectivity index (χ0) is 20.9. The first kappa shape index (κ1) is 22.2. The van der Waals surface area contributed by atoms with E-state index in [4.69, 9.17) is 16.3 Å². The molecule has 1 aliphatic heterocycles. The Balaban J connectivity index is 1.31. The Labute approximate surface area is 173 Å². The second kappa shape index (κ2) is 10.00. The van der Waals surface area contributed by atoms with Crippen molar-refractivity contribution in [3.8, 4) is 5.75 Å². The lowest BCUT2D eigenvalue weighted by Crippen LogP contribution is -2.46. The summed E-state index contributed by atoms with van der Waals surface area (Å²) in [7, 11) is 0. The quantitative estimate of drug-likeness (QED) is 0.692. The van der Waals surface area contributed by atoms with Gasteiger partial charge in [-0.25, -0.2) is 0 Å². The van der Waals surface area contributed by atoms with Crippen molar-refractivity contribution in [2.24, 2.45) is 0 Å². The number of hydrogen-bond donors (Lipinski definition) is 2. The van der Waals surface area contributed by atoms with Gasteiger partial charge in [-0.05, 0) is 56.4 Å². The number of likely N-dealkylation sites (tertiary alicyclic amines) is 1. The molecule has 0 radical (unpaired) electrons. The summed E-state index contributed by atoms with van der Waals surface area (Å²) in [5.41, 5.74) is 0. The first-order valence-corrected chi connectivity index (χ1v) is 10.4. The lowest BCUT2D eigenvalue weighted by atomic mass is 9.90. The molecule has 1 aromatic carbocycles. The standard InChI is InChI=1S/C20H27ClF3N3O2/c21-14-1-7-18(8-2-14)29-12-19(28)26-16-5-3-15(4-6-16)25-17-9-10-27(11-17)13-20(22,23)24/h1-2,7-8,15-17,25H,3-6,9-13H2,(H,26,28). The first-order valence-electron chi connectivity index (χ1n) is 10.00. The molecule has 1 saturated heterocycles. The van der Waals surface area contributed by atoms with Crippen molar-refractivity contribution in [1.29, 1.82) is 0 Å². The van der Waals surface area contributed by atoms with E-state index >= 15 is 0 Å². The minimum atomic E-state index is -4.14. The molecule has 5 nitrogen and oxygen atoms in total. The van der Waals surface area contributed by atoms with Crippen LogP contribution in [0.25, 0.3) is 0 Å². The van der Waals surface area contributed by atoms with E-state index in [2.05, 4.69) is 10.6 Å². The van der Waals surface area contributed by atoms with E-state index in [-0.39, 0.29) is 24.6 Å². The van der Waals surface area contributed by atoms with Gasteiger partial charge in [-0.15, -0.1) is 0 Å². The molecule has 1 heterocycles. The molecule has 29 heavy (non-hydrogen) atoms. The van der Waals surface area contributed by atoms with Gasteiger partial charge in [0.1, 0.15) is 5.75 Å². The molecule has 1 unspecified atom stereocenters. The van der Waals surface area contributed by atoms with E-state index < -0.39 is 12.7 Å². The van der Waals surface area contributed by atoms with Crippen molar-refractivity contribution in [3.63, 3.8) is 0 Å². The predicted octanol–water partition coefficient (Wildman–Crippen LogP) is 3.37. The van der Waals surface area contributed by atoms with Crippen molar-refractivity contribution in [1.82, 2.24) is 15.5 Å². The number of benzene rings is 1. The largest absolute Gasteiger partial charge is 0.484 e. The van der Waals surface area contributed by atoms with E-state index in [0.717, 1.165) is 32.1 Å². The Morgan fingerprint density at radius 2 is 1.72 bits per heavy atom. The van der Waals surface area contributed by atoms with Crippen molar-refractivity contribution >= 4 is 17.5 Å². The molecule has 1 aliphatic carbocycles. The van der Waals surface area contributed by atoms with Gasteiger partial charge in [0.15, 0.2) is 6.61 Å². The van der Waals surface area contributed by atoms with Crippen LogP contribution in [0.2, 0.25) is 5.02 Å². The van der Waals surface area contributed by atoms with E-state index in [0.29, 0.717) is 29.9 Å². The van der Waals surface area contributed by atoms with Crippen molar-refractivity contribution < 1.29 is 22.7 Å². The highest BCUT2D eigenvalue weighted by atomic mass is 35.5. The maximum Gasteiger partial charge on any atom is 0.401 e. The fourth-order valence-electron chi connectivity index (χ4n) is 4.05. The molecule has 3 rings (SSSR count). The highest BCUT2D eigenvalue weighted by Gasteiger charge is 2.35. The Morgan fingerprint density at radius 1 is 1.07 bits per heavy atom. The van der Waals surface area contributed by atoms with Crippen LogP contribution in [0, 0.1) is 0 Å². The van der Waals surface area contributed by atoms with Crippen LogP contribution in [0.15, 0.2) is 24.3 Å². The molecule has 0 spiro atoms. The molecule has 0 aromatic heterocycles. The first-order chi connectivity index (χ1) is 13.8.